The number of hydrogen-bond donors (Lipinski definition) is 0. The van der Waals surface area contributed by atoms with Gasteiger partial charge in [0.15, 0.2) is 17.5 Å². The van der Waals surface area contributed by atoms with Crippen LogP contribution in [0.1, 0.15) is 79.0 Å². The summed E-state index contributed by atoms with van der Waals surface area (Å²) in [6.07, 6.45) is 16.5. The maximum Gasteiger partial charge on any atom is 2.00 e. The van der Waals surface area contributed by atoms with Gasteiger partial charge in [0.2, 0.25) is 0 Å². The predicted octanol–water partition coefficient (Wildman–Crippen LogP) is 14.5. The monoisotopic (exact) mass is 952 g/mol. The standard InChI is InChI=1S/3C12H15N3.Co.2F6P/c3*1-12(2,3)10-5-7-13-11(9-10)15-8-4-6-14-15;;2*1-7(2,3,4,5)6/h3*4-9H,1-3H3;;;/q;;;+2;2*-1. The molecule has 0 saturated carbocycles. The van der Waals surface area contributed by atoms with E-state index in [0.717, 1.165) is 17.5 Å². The molecule has 0 aromatic carbocycles. The molecule has 0 aliphatic rings. The Labute approximate surface area is 349 Å². The molecular formula is C36H45CoF12N9P2. The van der Waals surface area contributed by atoms with Crippen molar-refractivity contribution >= 4 is 15.6 Å². The molecule has 337 valence electrons. The van der Waals surface area contributed by atoms with Crippen LogP contribution in [0.5, 0.6) is 0 Å². The molecule has 0 amide bonds. The van der Waals surface area contributed by atoms with E-state index < -0.39 is 15.6 Å². The van der Waals surface area contributed by atoms with Crippen LogP contribution in [0.4, 0.5) is 50.4 Å². The van der Waals surface area contributed by atoms with E-state index in [2.05, 4.69) is 111 Å². The van der Waals surface area contributed by atoms with E-state index in [9.17, 15) is 50.4 Å². The van der Waals surface area contributed by atoms with Crippen molar-refractivity contribution < 1.29 is 67.1 Å². The molecule has 24 heteroatoms. The van der Waals surface area contributed by atoms with Crippen LogP contribution in [0, 0.1) is 0 Å². The molecule has 9 nitrogen and oxygen atoms in total. The molecule has 0 aliphatic carbocycles. The molecule has 0 unspecified atom stereocenters. The number of aromatic nitrogens is 9. The summed E-state index contributed by atoms with van der Waals surface area (Å²) < 4.78 is 124. The largest absolute Gasteiger partial charge is 2.00 e. The number of rotatable bonds is 3. The van der Waals surface area contributed by atoms with Gasteiger partial charge in [-0.25, -0.2) is 29.0 Å². The minimum atomic E-state index is -10.7. The van der Waals surface area contributed by atoms with Crippen LogP contribution < -0.4 is 0 Å². The van der Waals surface area contributed by atoms with Gasteiger partial charge in [-0.05, 0) is 87.5 Å². The average Bonchev–Trinajstić information content (AvgIpc) is 3.86. The number of hydrogen-bond acceptors (Lipinski definition) is 6. The van der Waals surface area contributed by atoms with E-state index in [1.54, 1.807) is 32.6 Å². The van der Waals surface area contributed by atoms with E-state index in [1.165, 1.54) is 16.7 Å². The Morgan fingerprint density at radius 2 is 0.583 bits per heavy atom. The van der Waals surface area contributed by atoms with Gasteiger partial charge in [-0.2, -0.15) is 15.3 Å². The summed E-state index contributed by atoms with van der Waals surface area (Å²) in [4.78, 5) is 12.9. The number of halogens is 12. The normalized spacial score (nSPS) is 14.2. The Morgan fingerprint density at radius 1 is 0.383 bits per heavy atom. The number of pyridine rings is 3. The molecule has 0 fully saturated rings. The van der Waals surface area contributed by atoms with Crippen molar-refractivity contribution in [3.63, 3.8) is 0 Å². The fourth-order valence-corrected chi connectivity index (χ4v) is 4.24. The third-order valence-corrected chi connectivity index (χ3v) is 7.05. The second-order valence-corrected chi connectivity index (χ2v) is 19.6. The Hall–Kier alpha value is -4.39. The Kier molecular flexibility index (Phi) is 15.7. The zero-order valence-corrected chi connectivity index (χ0v) is 36.5. The molecule has 0 bridgehead atoms. The average molecular weight is 953 g/mol. The summed E-state index contributed by atoms with van der Waals surface area (Å²) in [5, 5.41) is 12.5. The molecule has 6 aromatic heterocycles. The van der Waals surface area contributed by atoms with Crippen molar-refractivity contribution in [3.8, 4) is 17.5 Å². The van der Waals surface area contributed by atoms with Crippen molar-refractivity contribution in [2.45, 2.75) is 78.6 Å². The molecule has 6 heterocycles. The minimum Gasteiger partial charge on any atom is 2.00 e. The zero-order valence-electron chi connectivity index (χ0n) is 33.7. The van der Waals surface area contributed by atoms with E-state index >= 15 is 0 Å². The van der Waals surface area contributed by atoms with Gasteiger partial charge in [-0.15, -0.1) is 0 Å². The molecule has 60 heavy (non-hydrogen) atoms. The molecule has 6 aromatic rings. The van der Waals surface area contributed by atoms with Crippen molar-refractivity contribution in [1.82, 2.24) is 44.3 Å². The van der Waals surface area contributed by atoms with Crippen LogP contribution in [0.15, 0.2) is 110 Å². The van der Waals surface area contributed by atoms with Gasteiger partial charge in [0.1, 0.15) is 0 Å². The topological polar surface area (TPSA) is 92.1 Å². The predicted molar refractivity (Wildman–Crippen MR) is 207 cm³/mol. The fraction of sp³-hybridized carbons (Fsp3) is 0.333. The Bertz CT molecular complexity index is 1960. The van der Waals surface area contributed by atoms with E-state index in [4.69, 9.17) is 0 Å². The van der Waals surface area contributed by atoms with Gasteiger partial charge in [-0.3, -0.25) is 0 Å². The summed E-state index contributed by atoms with van der Waals surface area (Å²) in [5.74, 6) is 2.60. The smallest absolute Gasteiger partial charge is 2.00 e. The van der Waals surface area contributed by atoms with Crippen molar-refractivity contribution in [2.24, 2.45) is 0 Å². The van der Waals surface area contributed by atoms with Crippen molar-refractivity contribution in [3.05, 3.63) is 127 Å². The van der Waals surface area contributed by atoms with Crippen LogP contribution in [-0.2, 0) is 33.0 Å². The summed E-state index contributed by atoms with van der Waals surface area (Å²) in [5.41, 5.74) is 4.23. The number of nitrogens with zero attached hydrogens (tertiary/aromatic N) is 9. The molecule has 0 aliphatic heterocycles. The third-order valence-electron chi connectivity index (χ3n) is 7.05. The Balaban J connectivity index is 0.000000388. The van der Waals surface area contributed by atoms with Crippen LogP contribution in [0.25, 0.3) is 17.5 Å². The van der Waals surface area contributed by atoms with Gasteiger partial charge in [0.05, 0.1) is 0 Å². The maximum absolute atomic E-state index is 10.7. The molecule has 6 rings (SSSR count). The molecule has 0 atom stereocenters. The quantitative estimate of drug-likeness (QED) is 0.130. The summed E-state index contributed by atoms with van der Waals surface area (Å²) in [6.45, 7) is 19.7. The molecule has 1 radical (unpaired) electrons. The van der Waals surface area contributed by atoms with E-state index in [1.807, 2.05) is 73.6 Å². The van der Waals surface area contributed by atoms with Crippen LogP contribution >= 0.6 is 15.6 Å². The first-order valence-corrected chi connectivity index (χ1v) is 21.2. The minimum absolute atomic E-state index is 0. The second-order valence-electron chi connectivity index (χ2n) is 15.7. The second kappa shape index (κ2) is 17.5. The third kappa shape index (κ3) is 25.3. The maximum atomic E-state index is 9.87. The van der Waals surface area contributed by atoms with Crippen molar-refractivity contribution in [2.75, 3.05) is 0 Å². The first kappa shape index (κ1) is 53.6. The molecule has 0 spiro atoms. The van der Waals surface area contributed by atoms with Crippen LogP contribution in [-0.4, -0.2) is 44.3 Å². The zero-order chi connectivity index (χ0) is 45.5. The van der Waals surface area contributed by atoms with Gasteiger partial charge < -0.3 is 0 Å². The van der Waals surface area contributed by atoms with Crippen molar-refractivity contribution in [1.29, 1.82) is 0 Å². The van der Waals surface area contributed by atoms with E-state index in [0.29, 0.717) is 0 Å². The van der Waals surface area contributed by atoms with Crippen LogP contribution in [0.2, 0.25) is 0 Å². The fourth-order valence-electron chi connectivity index (χ4n) is 4.24. The van der Waals surface area contributed by atoms with Gasteiger partial charge in [0.25, 0.3) is 0 Å². The molecular weight excluding hydrogens is 907 g/mol. The van der Waals surface area contributed by atoms with Gasteiger partial charge in [0, 0.05) is 55.8 Å². The first-order valence-electron chi connectivity index (χ1n) is 17.1. The Morgan fingerprint density at radius 3 is 0.733 bits per heavy atom. The van der Waals surface area contributed by atoms with E-state index in [-0.39, 0.29) is 33.0 Å². The molecule has 0 N–H and O–H groups in total. The van der Waals surface area contributed by atoms with Gasteiger partial charge >= 0.3 is 82.8 Å². The molecule has 0 saturated heterocycles. The van der Waals surface area contributed by atoms with Gasteiger partial charge in [-0.1, -0.05) is 62.3 Å². The summed E-state index contributed by atoms with van der Waals surface area (Å²) in [6, 6.07) is 18.1. The first-order chi connectivity index (χ1) is 26.1. The summed E-state index contributed by atoms with van der Waals surface area (Å²) in [7, 11) is -21.3. The SMILES string of the molecule is CC(C)(C)c1ccnc(-n2cccn2)c1.CC(C)(C)c1ccnc(-n2cccn2)c1.CC(C)(C)c1ccnc(-n2cccn2)c1.F[P-](F)(F)(F)(F)F.F[P-](F)(F)(F)(F)F.[Co+2]. The van der Waals surface area contributed by atoms with Crippen LogP contribution in [0.3, 0.4) is 0 Å². The summed E-state index contributed by atoms with van der Waals surface area (Å²) >= 11 is 0.